The van der Waals surface area contributed by atoms with Crippen LogP contribution in [0, 0.1) is 12.3 Å². The lowest BCUT2D eigenvalue weighted by molar-refractivity contribution is -0.0118. The highest BCUT2D eigenvalue weighted by Crippen LogP contribution is 2.49. The molecule has 31 heavy (non-hydrogen) atoms. The summed E-state index contributed by atoms with van der Waals surface area (Å²) in [5, 5.41) is 7.90. The molecule has 0 bridgehead atoms. The Morgan fingerprint density at radius 1 is 1.00 bits per heavy atom. The second-order valence-corrected chi connectivity index (χ2v) is 9.90. The van der Waals surface area contributed by atoms with Crippen molar-refractivity contribution in [3.8, 4) is 0 Å². The highest BCUT2D eigenvalue weighted by atomic mass is 15.3. The molecule has 3 aliphatic rings. The number of hydrogen-bond acceptors (Lipinski definition) is 5. The van der Waals surface area contributed by atoms with E-state index in [0.29, 0.717) is 11.8 Å². The van der Waals surface area contributed by atoms with E-state index in [1.54, 1.807) is 0 Å². The molecule has 2 saturated heterocycles. The highest BCUT2D eigenvalue weighted by Gasteiger charge is 2.55. The van der Waals surface area contributed by atoms with Crippen LogP contribution in [0.3, 0.4) is 0 Å². The molecule has 0 amide bonds. The fourth-order valence-corrected chi connectivity index (χ4v) is 5.48. The van der Waals surface area contributed by atoms with E-state index in [-0.39, 0.29) is 5.41 Å². The summed E-state index contributed by atoms with van der Waals surface area (Å²) in [7, 11) is 0. The lowest BCUT2D eigenvalue weighted by atomic mass is 9.71. The van der Waals surface area contributed by atoms with Crippen LogP contribution in [0.1, 0.15) is 53.1 Å². The lowest BCUT2D eigenvalue weighted by Crippen LogP contribution is -2.59. The van der Waals surface area contributed by atoms with E-state index in [1.807, 2.05) is 6.20 Å². The average Bonchev–Trinajstić information content (AvgIpc) is 3.37. The zero-order valence-corrected chi connectivity index (χ0v) is 18.2. The molecule has 6 heteroatoms. The second kappa shape index (κ2) is 7.53. The molecule has 1 spiro atoms. The molecule has 0 radical (unpaired) electrons. The van der Waals surface area contributed by atoms with Crippen molar-refractivity contribution in [1.82, 2.24) is 30.0 Å². The summed E-state index contributed by atoms with van der Waals surface area (Å²) in [6.07, 6.45) is 4.45. The van der Waals surface area contributed by atoms with Crippen molar-refractivity contribution in [3.63, 3.8) is 0 Å². The van der Waals surface area contributed by atoms with E-state index < -0.39 is 0 Å². The number of nitrogens with one attached hydrogen (secondary N) is 1. The van der Waals surface area contributed by atoms with Crippen molar-refractivity contribution in [2.75, 3.05) is 26.2 Å². The molecule has 1 aliphatic carbocycles. The van der Waals surface area contributed by atoms with Crippen molar-refractivity contribution in [3.05, 3.63) is 77.1 Å². The zero-order chi connectivity index (χ0) is 20.8. The van der Waals surface area contributed by atoms with Crippen LogP contribution in [0.15, 0.2) is 48.7 Å². The highest BCUT2D eigenvalue weighted by molar-refractivity contribution is 5.21. The van der Waals surface area contributed by atoms with E-state index >= 15 is 0 Å². The maximum atomic E-state index is 4.97. The quantitative estimate of drug-likeness (QED) is 0.669. The maximum absolute atomic E-state index is 4.97. The van der Waals surface area contributed by atoms with Gasteiger partial charge in [0.05, 0.1) is 5.69 Å². The van der Waals surface area contributed by atoms with Gasteiger partial charge in [0.25, 0.3) is 0 Å². The molecule has 2 aromatic heterocycles. The van der Waals surface area contributed by atoms with Gasteiger partial charge in [0, 0.05) is 62.7 Å². The third-order valence-corrected chi connectivity index (χ3v) is 7.20. The first-order chi connectivity index (χ1) is 15.2. The van der Waals surface area contributed by atoms with Crippen molar-refractivity contribution in [1.29, 1.82) is 0 Å². The van der Waals surface area contributed by atoms with Crippen LogP contribution < -0.4 is 0 Å². The number of pyridine rings is 1. The molecule has 3 fully saturated rings. The van der Waals surface area contributed by atoms with Gasteiger partial charge >= 0.3 is 0 Å². The standard InChI is InChI=1S/C25H30N6/c1-18-7-10-21(26-11-18)13-31-16-25(17-31)15-30(12-19-5-3-2-4-6-19)14-22(25)24-27-23(28-29-24)20-8-9-20/h2-7,10-11,20,22H,8-9,12-17H2,1H3,(H,27,28,29). The molecular weight excluding hydrogens is 384 g/mol. The molecule has 6 rings (SSSR count). The number of hydrogen-bond donors (Lipinski definition) is 1. The summed E-state index contributed by atoms with van der Waals surface area (Å²) in [5.41, 5.74) is 4.01. The van der Waals surface area contributed by atoms with Crippen LogP contribution in [-0.4, -0.2) is 56.1 Å². The summed E-state index contributed by atoms with van der Waals surface area (Å²) in [4.78, 5) is 14.7. The molecule has 160 valence electrons. The lowest BCUT2D eigenvalue weighted by Gasteiger charge is -2.50. The summed E-state index contributed by atoms with van der Waals surface area (Å²) < 4.78 is 0. The van der Waals surface area contributed by atoms with Gasteiger partial charge in [-0.15, -0.1) is 0 Å². The first kappa shape index (κ1) is 19.1. The number of rotatable bonds is 6. The minimum Gasteiger partial charge on any atom is -0.298 e. The number of aromatic nitrogens is 4. The number of likely N-dealkylation sites (tertiary alicyclic amines) is 2. The second-order valence-electron chi connectivity index (χ2n) is 9.90. The average molecular weight is 415 g/mol. The molecular formula is C25H30N6. The van der Waals surface area contributed by atoms with Crippen molar-refractivity contribution >= 4 is 0 Å². The molecule has 1 atom stereocenters. The Hall–Kier alpha value is -2.57. The summed E-state index contributed by atoms with van der Waals surface area (Å²) in [5.74, 6) is 3.14. The van der Waals surface area contributed by atoms with Crippen LogP contribution >= 0.6 is 0 Å². The topological polar surface area (TPSA) is 60.9 Å². The number of nitrogens with zero attached hydrogens (tertiary/aromatic N) is 5. The van der Waals surface area contributed by atoms with E-state index in [1.165, 1.54) is 24.0 Å². The monoisotopic (exact) mass is 414 g/mol. The van der Waals surface area contributed by atoms with Gasteiger partial charge in [-0.1, -0.05) is 36.4 Å². The van der Waals surface area contributed by atoms with Gasteiger partial charge in [-0.25, -0.2) is 4.98 Å². The molecule has 1 saturated carbocycles. The van der Waals surface area contributed by atoms with Gasteiger partial charge in [-0.3, -0.25) is 19.9 Å². The van der Waals surface area contributed by atoms with Crippen molar-refractivity contribution in [2.24, 2.45) is 5.41 Å². The van der Waals surface area contributed by atoms with Gasteiger partial charge in [0.15, 0.2) is 5.82 Å². The van der Waals surface area contributed by atoms with E-state index in [9.17, 15) is 0 Å². The third-order valence-electron chi connectivity index (χ3n) is 7.20. The van der Waals surface area contributed by atoms with Crippen molar-refractivity contribution in [2.45, 2.75) is 44.7 Å². The molecule has 6 nitrogen and oxygen atoms in total. The summed E-state index contributed by atoms with van der Waals surface area (Å²) in [6, 6.07) is 15.1. The predicted octanol–water partition coefficient (Wildman–Crippen LogP) is 3.49. The number of aromatic amines is 1. The SMILES string of the molecule is Cc1ccc(CN2CC3(CN(Cc4ccccc4)CC3c3nc(C4CC4)n[nH]3)C2)nc1. The Morgan fingerprint density at radius 2 is 1.81 bits per heavy atom. The van der Waals surface area contributed by atoms with Crippen LogP contribution in [0.2, 0.25) is 0 Å². The van der Waals surface area contributed by atoms with Crippen LogP contribution in [0.5, 0.6) is 0 Å². The van der Waals surface area contributed by atoms with Crippen LogP contribution in [-0.2, 0) is 13.1 Å². The van der Waals surface area contributed by atoms with Gasteiger partial charge < -0.3 is 0 Å². The third kappa shape index (κ3) is 3.79. The Kier molecular flexibility index (Phi) is 4.65. The Labute approximate surface area is 183 Å². The first-order valence-corrected chi connectivity index (χ1v) is 11.5. The molecule has 3 aromatic rings. The molecule has 4 heterocycles. The number of H-pyrrole nitrogens is 1. The fraction of sp³-hybridized carbons (Fsp3) is 0.480. The first-order valence-electron chi connectivity index (χ1n) is 11.5. The largest absolute Gasteiger partial charge is 0.298 e. The minimum absolute atomic E-state index is 0.250. The molecule has 1 N–H and O–H groups in total. The Balaban J connectivity index is 1.20. The number of aryl methyl sites for hydroxylation is 1. The van der Waals surface area contributed by atoms with Crippen molar-refractivity contribution < 1.29 is 0 Å². The summed E-state index contributed by atoms with van der Waals surface area (Å²) >= 11 is 0. The summed E-state index contributed by atoms with van der Waals surface area (Å²) in [6.45, 7) is 8.37. The van der Waals surface area contributed by atoms with E-state index in [2.05, 4.69) is 74.4 Å². The normalized spacial score (nSPS) is 23.3. The van der Waals surface area contributed by atoms with E-state index in [4.69, 9.17) is 4.98 Å². The fourth-order valence-electron chi connectivity index (χ4n) is 5.48. The minimum atomic E-state index is 0.250. The molecule has 2 aliphatic heterocycles. The van der Waals surface area contributed by atoms with Gasteiger partial charge in [-0.2, -0.15) is 5.10 Å². The zero-order valence-electron chi connectivity index (χ0n) is 18.2. The number of benzene rings is 1. The molecule has 1 aromatic carbocycles. The smallest absolute Gasteiger partial charge is 0.153 e. The molecule has 1 unspecified atom stereocenters. The Morgan fingerprint density at radius 3 is 2.55 bits per heavy atom. The maximum Gasteiger partial charge on any atom is 0.153 e. The van der Waals surface area contributed by atoms with Crippen LogP contribution in [0.4, 0.5) is 0 Å². The van der Waals surface area contributed by atoms with Gasteiger partial charge in [0.2, 0.25) is 0 Å². The predicted molar refractivity (Wildman–Crippen MR) is 120 cm³/mol. The Bertz CT molecular complexity index is 1030. The van der Waals surface area contributed by atoms with Crippen LogP contribution in [0.25, 0.3) is 0 Å². The van der Waals surface area contributed by atoms with Gasteiger partial charge in [-0.05, 0) is 37.0 Å². The van der Waals surface area contributed by atoms with E-state index in [0.717, 1.165) is 56.6 Å². The van der Waals surface area contributed by atoms with Gasteiger partial charge in [0.1, 0.15) is 5.82 Å².